The number of carboxylic acids is 1. The highest BCUT2D eigenvalue weighted by Gasteiger charge is 2.22. The molecule has 0 heterocycles. The van der Waals surface area contributed by atoms with Crippen molar-refractivity contribution in [2.24, 2.45) is 0 Å². The van der Waals surface area contributed by atoms with Crippen molar-refractivity contribution in [1.29, 1.82) is 0 Å². The first kappa shape index (κ1) is 17.0. The van der Waals surface area contributed by atoms with Gasteiger partial charge in [-0.25, -0.2) is 13.1 Å². The van der Waals surface area contributed by atoms with E-state index in [0.717, 1.165) is 11.8 Å². The molecular formula is C13H19NO4S2. The summed E-state index contributed by atoms with van der Waals surface area (Å²) in [6.07, 6.45) is 1.12. The first-order valence-corrected chi connectivity index (χ1v) is 8.76. The van der Waals surface area contributed by atoms with Gasteiger partial charge < -0.3 is 5.11 Å². The lowest BCUT2D eigenvalue weighted by atomic mass is 10.3. The Morgan fingerprint density at radius 2 is 2.00 bits per heavy atom. The second kappa shape index (κ2) is 7.66. The summed E-state index contributed by atoms with van der Waals surface area (Å²) in [6, 6.07) is 6.47. The maximum atomic E-state index is 12.2. The van der Waals surface area contributed by atoms with Gasteiger partial charge in [0, 0.05) is 11.4 Å². The highest BCUT2D eigenvalue weighted by molar-refractivity contribution is 8.01. The predicted octanol–water partition coefficient (Wildman–Crippen LogP) is 2.33. The number of hydrogen-bond donors (Lipinski definition) is 2. The van der Waals surface area contributed by atoms with Crippen molar-refractivity contribution in [2.75, 3.05) is 6.54 Å². The molecule has 5 nitrogen and oxygen atoms in total. The van der Waals surface area contributed by atoms with Crippen LogP contribution in [0, 0.1) is 0 Å². The maximum absolute atomic E-state index is 12.2. The summed E-state index contributed by atoms with van der Waals surface area (Å²) in [7, 11) is -3.60. The Labute approximate surface area is 123 Å². The molecule has 0 aliphatic rings. The SMILES string of the molecule is CCCNS(=O)(=O)c1ccccc1SC(CC)C(=O)O. The summed E-state index contributed by atoms with van der Waals surface area (Å²) in [4.78, 5) is 11.7. The molecular weight excluding hydrogens is 298 g/mol. The second-order valence-electron chi connectivity index (χ2n) is 4.20. The Bertz CT molecular complexity index is 557. The molecule has 0 aliphatic heterocycles. The van der Waals surface area contributed by atoms with E-state index in [1.54, 1.807) is 25.1 Å². The number of sulfonamides is 1. The molecule has 0 spiro atoms. The summed E-state index contributed by atoms with van der Waals surface area (Å²) in [5, 5.41) is 8.43. The van der Waals surface area contributed by atoms with Crippen LogP contribution in [-0.2, 0) is 14.8 Å². The van der Waals surface area contributed by atoms with Crippen molar-refractivity contribution in [3.63, 3.8) is 0 Å². The van der Waals surface area contributed by atoms with Crippen LogP contribution in [0.25, 0.3) is 0 Å². The van der Waals surface area contributed by atoms with Crippen LogP contribution < -0.4 is 4.72 Å². The van der Waals surface area contributed by atoms with Gasteiger partial charge in [-0.1, -0.05) is 26.0 Å². The number of carboxylic acid groups (broad SMARTS) is 1. The van der Waals surface area contributed by atoms with Crippen LogP contribution in [0.5, 0.6) is 0 Å². The minimum atomic E-state index is -3.60. The smallest absolute Gasteiger partial charge is 0.316 e. The van der Waals surface area contributed by atoms with E-state index in [-0.39, 0.29) is 4.90 Å². The molecule has 0 aliphatic carbocycles. The van der Waals surface area contributed by atoms with Gasteiger partial charge in [-0.15, -0.1) is 11.8 Å². The van der Waals surface area contributed by atoms with E-state index in [9.17, 15) is 13.2 Å². The molecule has 7 heteroatoms. The molecule has 2 N–H and O–H groups in total. The minimum Gasteiger partial charge on any atom is -0.480 e. The van der Waals surface area contributed by atoms with Crippen molar-refractivity contribution < 1.29 is 18.3 Å². The van der Waals surface area contributed by atoms with Crippen molar-refractivity contribution in [3.05, 3.63) is 24.3 Å². The molecule has 20 heavy (non-hydrogen) atoms. The molecule has 0 fully saturated rings. The molecule has 1 aromatic carbocycles. The third-order valence-corrected chi connectivity index (χ3v) is 5.67. The highest BCUT2D eigenvalue weighted by atomic mass is 32.2. The van der Waals surface area contributed by atoms with Crippen LogP contribution in [0.4, 0.5) is 0 Å². The molecule has 1 aromatic rings. The fourth-order valence-corrected chi connectivity index (χ4v) is 4.15. The Balaban J connectivity index is 3.08. The van der Waals surface area contributed by atoms with E-state index in [2.05, 4.69) is 4.72 Å². The molecule has 0 bridgehead atoms. The molecule has 1 rings (SSSR count). The zero-order valence-corrected chi connectivity index (χ0v) is 13.1. The lowest BCUT2D eigenvalue weighted by molar-refractivity contribution is -0.136. The Morgan fingerprint density at radius 3 is 2.55 bits per heavy atom. The summed E-state index contributed by atoms with van der Waals surface area (Å²) in [5.74, 6) is -0.939. The van der Waals surface area contributed by atoms with Crippen LogP contribution in [0.1, 0.15) is 26.7 Å². The zero-order chi connectivity index (χ0) is 15.2. The average molecular weight is 317 g/mol. The van der Waals surface area contributed by atoms with Crippen LogP contribution in [0.3, 0.4) is 0 Å². The van der Waals surface area contributed by atoms with Gasteiger partial charge in [0.1, 0.15) is 5.25 Å². The molecule has 1 atom stereocenters. The van der Waals surface area contributed by atoms with E-state index in [1.807, 2.05) is 6.92 Å². The number of rotatable bonds is 8. The highest BCUT2D eigenvalue weighted by Crippen LogP contribution is 2.31. The molecule has 0 radical (unpaired) electrons. The van der Waals surface area contributed by atoms with Gasteiger partial charge in [-0.2, -0.15) is 0 Å². The van der Waals surface area contributed by atoms with E-state index in [4.69, 9.17) is 5.11 Å². The number of hydrogen-bond acceptors (Lipinski definition) is 4. The molecule has 0 amide bonds. The van der Waals surface area contributed by atoms with Gasteiger partial charge in [0.15, 0.2) is 0 Å². The molecule has 0 saturated carbocycles. The molecule has 112 valence electrons. The number of nitrogens with one attached hydrogen (secondary N) is 1. The molecule has 0 aromatic heterocycles. The fraction of sp³-hybridized carbons (Fsp3) is 0.462. The van der Waals surface area contributed by atoms with Gasteiger partial charge in [0.05, 0.1) is 4.90 Å². The maximum Gasteiger partial charge on any atom is 0.316 e. The van der Waals surface area contributed by atoms with Crippen LogP contribution in [-0.4, -0.2) is 31.3 Å². The summed E-state index contributed by atoms with van der Waals surface area (Å²) in [5.41, 5.74) is 0. The third kappa shape index (κ3) is 4.50. The fourth-order valence-electron chi connectivity index (χ4n) is 1.55. The summed E-state index contributed by atoms with van der Waals surface area (Å²) in [6.45, 7) is 4.00. The monoisotopic (exact) mass is 317 g/mol. The number of aliphatic carboxylic acids is 1. The van der Waals surface area contributed by atoms with Crippen LogP contribution >= 0.6 is 11.8 Å². The largest absolute Gasteiger partial charge is 0.480 e. The van der Waals surface area contributed by atoms with Gasteiger partial charge in [-0.05, 0) is 25.0 Å². The van der Waals surface area contributed by atoms with E-state index in [0.29, 0.717) is 24.3 Å². The van der Waals surface area contributed by atoms with Gasteiger partial charge in [0.2, 0.25) is 10.0 Å². The second-order valence-corrected chi connectivity index (χ2v) is 7.18. The Kier molecular flexibility index (Phi) is 6.51. The average Bonchev–Trinajstić information content (AvgIpc) is 2.42. The van der Waals surface area contributed by atoms with Crippen molar-refractivity contribution >= 4 is 27.8 Å². The van der Waals surface area contributed by atoms with Crippen LogP contribution in [0.2, 0.25) is 0 Å². The quantitative estimate of drug-likeness (QED) is 0.719. The minimum absolute atomic E-state index is 0.137. The first-order valence-electron chi connectivity index (χ1n) is 6.40. The molecule has 0 saturated heterocycles. The lowest BCUT2D eigenvalue weighted by Crippen LogP contribution is -2.25. The first-order chi connectivity index (χ1) is 9.42. The van der Waals surface area contributed by atoms with E-state index >= 15 is 0 Å². The van der Waals surface area contributed by atoms with Crippen molar-refractivity contribution in [3.8, 4) is 0 Å². The van der Waals surface area contributed by atoms with Gasteiger partial charge in [-0.3, -0.25) is 4.79 Å². The lowest BCUT2D eigenvalue weighted by Gasteiger charge is -2.14. The predicted molar refractivity (Wildman–Crippen MR) is 79.5 cm³/mol. The van der Waals surface area contributed by atoms with E-state index < -0.39 is 21.2 Å². The number of carbonyl (C=O) groups is 1. The topological polar surface area (TPSA) is 83.5 Å². The Morgan fingerprint density at radius 1 is 1.35 bits per heavy atom. The van der Waals surface area contributed by atoms with Crippen LogP contribution in [0.15, 0.2) is 34.1 Å². The zero-order valence-electron chi connectivity index (χ0n) is 11.5. The standard InChI is InChI=1S/C13H19NO4S2/c1-3-9-14-20(17,18)12-8-6-5-7-11(12)19-10(4-2)13(15)16/h5-8,10,14H,3-4,9H2,1-2H3,(H,15,16). The van der Waals surface area contributed by atoms with Gasteiger partial charge >= 0.3 is 5.97 Å². The third-order valence-electron chi connectivity index (χ3n) is 2.60. The normalized spacial score (nSPS) is 13.1. The Hall–Kier alpha value is -1.05. The van der Waals surface area contributed by atoms with Gasteiger partial charge in [0.25, 0.3) is 0 Å². The summed E-state index contributed by atoms with van der Waals surface area (Å²) >= 11 is 1.07. The number of thioether (sulfide) groups is 1. The van der Waals surface area contributed by atoms with Crippen molar-refractivity contribution in [2.45, 2.75) is 41.7 Å². The number of benzene rings is 1. The molecule has 1 unspecified atom stereocenters. The van der Waals surface area contributed by atoms with E-state index in [1.165, 1.54) is 6.07 Å². The summed E-state index contributed by atoms with van der Waals surface area (Å²) < 4.78 is 26.9. The van der Waals surface area contributed by atoms with Crippen molar-refractivity contribution in [1.82, 2.24) is 4.72 Å².